The van der Waals surface area contributed by atoms with Crippen molar-refractivity contribution < 1.29 is 24.5 Å². The Bertz CT molecular complexity index is 478. The molecular weight excluding hydrogens is 274 g/mol. The molecule has 7 heteroatoms. The van der Waals surface area contributed by atoms with Crippen molar-refractivity contribution in [2.24, 2.45) is 5.73 Å². The van der Waals surface area contributed by atoms with Crippen molar-refractivity contribution >= 4 is 17.6 Å². The maximum absolute atomic E-state index is 10.5. The Morgan fingerprint density at radius 2 is 2.11 bits per heavy atom. The number of aromatic hydroxyl groups is 1. The van der Waals surface area contributed by atoms with Gasteiger partial charge in [0.1, 0.15) is 10.8 Å². The van der Waals surface area contributed by atoms with Gasteiger partial charge in [-0.25, -0.2) is 0 Å². The average molecular weight is 290 g/mol. The molecule has 0 heterocycles. The van der Waals surface area contributed by atoms with E-state index in [0.717, 1.165) is 0 Å². The number of rotatable bonds is 6. The number of hydrogen-bond donors (Lipinski definition) is 3. The zero-order chi connectivity index (χ0) is 14.6. The van der Waals surface area contributed by atoms with Crippen LogP contribution in [0.2, 0.25) is 5.02 Å². The number of halogens is 1. The van der Waals surface area contributed by atoms with Gasteiger partial charge in [0.25, 0.3) is 0 Å². The molecule has 1 aromatic rings. The van der Waals surface area contributed by atoms with E-state index in [4.69, 9.17) is 31.9 Å². The molecule has 19 heavy (non-hydrogen) atoms. The van der Waals surface area contributed by atoms with E-state index in [1.165, 1.54) is 20.3 Å². The summed E-state index contributed by atoms with van der Waals surface area (Å²) in [5.74, 6) is -0.652. The van der Waals surface area contributed by atoms with Crippen LogP contribution in [0.3, 0.4) is 0 Å². The molecule has 0 bridgehead atoms. The summed E-state index contributed by atoms with van der Waals surface area (Å²) in [5, 5.41) is 18.6. The van der Waals surface area contributed by atoms with Crippen LogP contribution < -0.4 is 15.2 Å². The molecule has 4 N–H and O–H groups in total. The molecule has 0 amide bonds. The number of aliphatic carboxylic acids is 1. The lowest BCUT2D eigenvalue weighted by Gasteiger charge is -2.17. The lowest BCUT2D eigenvalue weighted by atomic mass is 10.0. The van der Waals surface area contributed by atoms with Crippen molar-refractivity contribution in [3.63, 3.8) is 0 Å². The van der Waals surface area contributed by atoms with Gasteiger partial charge < -0.3 is 25.4 Å². The molecule has 0 saturated heterocycles. The third-order valence-electron chi connectivity index (χ3n) is 2.68. The molecule has 0 aliphatic heterocycles. The van der Waals surface area contributed by atoms with E-state index in [2.05, 4.69) is 0 Å². The van der Waals surface area contributed by atoms with Crippen LogP contribution in [0.25, 0.3) is 0 Å². The summed E-state index contributed by atoms with van der Waals surface area (Å²) in [7, 11) is 2.82. The second-order valence-electron chi connectivity index (χ2n) is 3.90. The number of carboxylic acids is 1. The first-order valence-electron chi connectivity index (χ1n) is 5.53. The molecule has 0 saturated carbocycles. The van der Waals surface area contributed by atoms with E-state index in [1.807, 2.05) is 0 Å². The SMILES string of the molecule is COc1cc(C(N)CCC(=O)O)c(O)c(Cl)c1OC. The first-order valence-corrected chi connectivity index (χ1v) is 5.90. The van der Waals surface area contributed by atoms with E-state index in [0.29, 0.717) is 11.3 Å². The summed E-state index contributed by atoms with van der Waals surface area (Å²) < 4.78 is 10.1. The molecule has 1 atom stereocenters. The van der Waals surface area contributed by atoms with Crippen molar-refractivity contribution in [2.45, 2.75) is 18.9 Å². The molecular formula is C12H16ClNO5. The molecule has 0 fully saturated rings. The third kappa shape index (κ3) is 3.42. The van der Waals surface area contributed by atoms with Gasteiger partial charge >= 0.3 is 5.97 Å². The fourth-order valence-corrected chi connectivity index (χ4v) is 1.96. The van der Waals surface area contributed by atoms with Crippen LogP contribution in [0.4, 0.5) is 0 Å². The smallest absolute Gasteiger partial charge is 0.303 e. The van der Waals surface area contributed by atoms with E-state index >= 15 is 0 Å². The normalized spacial score (nSPS) is 12.0. The van der Waals surface area contributed by atoms with E-state index in [1.54, 1.807) is 0 Å². The Labute approximate surface area is 115 Å². The highest BCUT2D eigenvalue weighted by molar-refractivity contribution is 6.33. The molecule has 0 aliphatic carbocycles. The minimum atomic E-state index is -0.957. The number of phenols is 1. The molecule has 0 spiro atoms. The van der Waals surface area contributed by atoms with Gasteiger partial charge in [0, 0.05) is 18.0 Å². The highest BCUT2D eigenvalue weighted by Crippen LogP contribution is 2.45. The zero-order valence-electron chi connectivity index (χ0n) is 10.6. The predicted molar refractivity (Wildman–Crippen MR) is 70.0 cm³/mol. The fourth-order valence-electron chi connectivity index (χ4n) is 1.68. The van der Waals surface area contributed by atoms with Crippen LogP contribution in [0.1, 0.15) is 24.4 Å². The molecule has 6 nitrogen and oxygen atoms in total. The summed E-state index contributed by atoms with van der Waals surface area (Å²) in [5.41, 5.74) is 6.17. The summed E-state index contributed by atoms with van der Waals surface area (Å²) >= 11 is 5.96. The van der Waals surface area contributed by atoms with Gasteiger partial charge in [0.2, 0.25) is 0 Å². The summed E-state index contributed by atoms with van der Waals surface area (Å²) in [6.07, 6.45) is 0.0707. The van der Waals surface area contributed by atoms with Crippen molar-refractivity contribution in [2.75, 3.05) is 14.2 Å². The monoisotopic (exact) mass is 289 g/mol. The van der Waals surface area contributed by atoms with Gasteiger partial charge in [0.05, 0.1) is 14.2 Å². The Morgan fingerprint density at radius 3 is 2.58 bits per heavy atom. The standard InChI is InChI=1S/C12H16ClNO5/c1-18-8-5-6(7(14)3-4-9(15)16)11(17)10(13)12(8)19-2/h5,7,17H,3-4,14H2,1-2H3,(H,15,16). The molecule has 0 aliphatic rings. The van der Waals surface area contributed by atoms with Gasteiger partial charge in [-0.2, -0.15) is 0 Å². The fraction of sp³-hybridized carbons (Fsp3) is 0.417. The maximum Gasteiger partial charge on any atom is 0.303 e. The Morgan fingerprint density at radius 1 is 1.47 bits per heavy atom. The first kappa shape index (κ1) is 15.4. The number of hydrogen-bond acceptors (Lipinski definition) is 5. The quantitative estimate of drug-likeness (QED) is 0.739. The van der Waals surface area contributed by atoms with E-state index in [9.17, 15) is 9.90 Å². The van der Waals surface area contributed by atoms with Crippen LogP contribution in [0.15, 0.2) is 6.07 Å². The molecule has 106 valence electrons. The lowest BCUT2D eigenvalue weighted by molar-refractivity contribution is -0.137. The number of methoxy groups -OCH3 is 2. The molecule has 1 rings (SSSR count). The molecule has 0 radical (unpaired) electrons. The van der Waals surface area contributed by atoms with Gasteiger partial charge in [-0.1, -0.05) is 11.6 Å². The van der Waals surface area contributed by atoms with E-state index < -0.39 is 12.0 Å². The Balaban J connectivity index is 3.14. The zero-order valence-corrected chi connectivity index (χ0v) is 11.4. The molecule has 1 unspecified atom stereocenters. The van der Waals surface area contributed by atoms with Crippen molar-refractivity contribution in [1.29, 1.82) is 0 Å². The highest BCUT2D eigenvalue weighted by Gasteiger charge is 2.21. The number of carboxylic acid groups (broad SMARTS) is 1. The van der Waals surface area contributed by atoms with Gasteiger partial charge in [-0.3, -0.25) is 4.79 Å². The summed E-state index contributed by atoms with van der Waals surface area (Å²) in [4.78, 5) is 10.5. The minimum absolute atomic E-state index is 0.0115. The second kappa shape index (κ2) is 6.49. The van der Waals surface area contributed by atoms with Gasteiger partial charge in [-0.15, -0.1) is 0 Å². The number of carbonyl (C=O) groups is 1. The molecule has 0 aromatic heterocycles. The number of benzene rings is 1. The van der Waals surface area contributed by atoms with Gasteiger partial charge in [0.15, 0.2) is 11.5 Å². The van der Waals surface area contributed by atoms with Crippen molar-refractivity contribution in [3.8, 4) is 17.2 Å². The van der Waals surface area contributed by atoms with Crippen LogP contribution in [0, 0.1) is 0 Å². The lowest BCUT2D eigenvalue weighted by Crippen LogP contribution is -2.13. The number of nitrogens with two attached hydrogens (primary N) is 1. The second-order valence-corrected chi connectivity index (χ2v) is 4.28. The molecule has 1 aromatic carbocycles. The van der Waals surface area contributed by atoms with Gasteiger partial charge in [-0.05, 0) is 12.5 Å². The average Bonchev–Trinajstić information content (AvgIpc) is 2.38. The largest absolute Gasteiger partial charge is 0.506 e. The van der Waals surface area contributed by atoms with Crippen LogP contribution in [-0.4, -0.2) is 30.4 Å². The summed E-state index contributed by atoms with van der Waals surface area (Å²) in [6.45, 7) is 0. The number of phenolic OH excluding ortho intramolecular Hbond substituents is 1. The van der Waals surface area contributed by atoms with Crippen molar-refractivity contribution in [1.82, 2.24) is 0 Å². The van der Waals surface area contributed by atoms with Crippen LogP contribution in [0.5, 0.6) is 17.2 Å². The highest BCUT2D eigenvalue weighted by atomic mass is 35.5. The third-order valence-corrected chi connectivity index (χ3v) is 3.03. The van der Waals surface area contributed by atoms with Crippen LogP contribution >= 0.6 is 11.6 Å². The van der Waals surface area contributed by atoms with Crippen LogP contribution in [-0.2, 0) is 4.79 Å². The topological polar surface area (TPSA) is 102 Å². The Kier molecular flexibility index (Phi) is 5.26. The summed E-state index contributed by atoms with van der Waals surface area (Å²) in [6, 6.07) is 0.834. The van der Waals surface area contributed by atoms with Crippen molar-refractivity contribution in [3.05, 3.63) is 16.7 Å². The number of ether oxygens (including phenoxy) is 2. The predicted octanol–water partition coefficient (Wildman–Crippen LogP) is 1.93. The Hall–Kier alpha value is -1.66. The van der Waals surface area contributed by atoms with E-state index in [-0.39, 0.29) is 29.4 Å². The maximum atomic E-state index is 10.5. The first-order chi connectivity index (χ1) is 8.92. The minimum Gasteiger partial charge on any atom is -0.506 e.